The molecule has 2 heterocycles. The van der Waals surface area contributed by atoms with Crippen LogP contribution < -0.4 is 0 Å². The van der Waals surface area contributed by atoms with Gasteiger partial charge in [-0.15, -0.1) is 10.2 Å². The van der Waals surface area contributed by atoms with E-state index in [0.29, 0.717) is 17.7 Å². The van der Waals surface area contributed by atoms with Gasteiger partial charge in [-0.25, -0.2) is 9.97 Å². The molecule has 0 unspecified atom stereocenters. The normalized spacial score (nSPS) is 15.2. The highest BCUT2D eigenvalue weighted by molar-refractivity contribution is 5.83. The van der Waals surface area contributed by atoms with Crippen molar-refractivity contribution in [1.29, 1.82) is 0 Å². The first-order valence-electron chi connectivity index (χ1n) is 9.91. The molecular formula is C24H18N4O. The summed E-state index contributed by atoms with van der Waals surface area (Å²) in [6.07, 6.45) is 7.45. The Labute approximate surface area is 168 Å². The van der Waals surface area contributed by atoms with Crippen molar-refractivity contribution in [2.75, 3.05) is 0 Å². The molecule has 2 aliphatic carbocycles. The van der Waals surface area contributed by atoms with E-state index in [1.165, 1.54) is 18.4 Å². The summed E-state index contributed by atoms with van der Waals surface area (Å²) in [5, 5.41) is 8.48. The van der Waals surface area contributed by atoms with Gasteiger partial charge in [0.15, 0.2) is 5.82 Å². The zero-order chi connectivity index (χ0) is 19.2. The smallest absolute Gasteiger partial charge is 0.248 e. The van der Waals surface area contributed by atoms with Crippen molar-refractivity contribution in [3.63, 3.8) is 0 Å². The van der Waals surface area contributed by atoms with E-state index in [1.807, 2.05) is 48.7 Å². The summed E-state index contributed by atoms with van der Waals surface area (Å²) in [4.78, 5) is 9.38. The summed E-state index contributed by atoms with van der Waals surface area (Å²) in [5.41, 5.74) is 6.49. The summed E-state index contributed by atoms with van der Waals surface area (Å²) in [5.74, 6) is 2.46. The molecule has 0 saturated heterocycles. The molecule has 1 fully saturated rings. The standard InChI is InChI=1S/C24H18N4O/c1-2-4-17(5-3-1)23-27-28-24(29-23)18-9-6-15-10-11-19(20(15)14-18)22-25-13-12-21(26-22)16-7-8-16/h1-6,9,11-14,16H,7-8,10H2. The van der Waals surface area contributed by atoms with E-state index >= 15 is 0 Å². The minimum absolute atomic E-state index is 0.519. The summed E-state index contributed by atoms with van der Waals surface area (Å²) in [7, 11) is 0. The van der Waals surface area contributed by atoms with Crippen LogP contribution >= 0.6 is 0 Å². The molecule has 5 nitrogen and oxygen atoms in total. The second kappa shape index (κ2) is 6.48. The molecule has 1 saturated carbocycles. The Morgan fingerprint density at radius 2 is 1.69 bits per heavy atom. The highest BCUT2D eigenvalue weighted by atomic mass is 16.4. The van der Waals surface area contributed by atoms with Crippen molar-refractivity contribution in [1.82, 2.24) is 20.2 Å². The van der Waals surface area contributed by atoms with Crippen molar-refractivity contribution in [3.8, 4) is 22.9 Å². The van der Waals surface area contributed by atoms with Crippen LogP contribution in [0.15, 0.2) is 71.3 Å². The monoisotopic (exact) mass is 378 g/mol. The van der Waals surface area contributed by atoms with Crippen LogP contribution in [0.25, 0.3) is 28.5 Å². The third-order valence-electron chi connectivity index (χ3n) is 5.53. The molecule has 0 amide bonds. The van der Waals surface area contributed by atoms with E-state index in [2.05, 4.69) is 33.4 Å². The second-order valence-electron chi connectivity index (χ2n) is 7.55. The van der Waals surface area contributed by atoms with E-state index in [-0.39, 0.29) is 0 Å². The first-order valence-corrected chi connectivity index (χ1v) is 9.91. The largest absolute Gasteiger partial charge is 0.416 e. The Morgan fingerprint density at radius 1 is 0.862 bits per heavy atom. The number of rotatable bonds is 4. The second-order valence-corrected chi connectivity index (χ2v) is 7.55. The van der Waals surface area contributed by atoms with Gasteiger partial charge in [0.1, 0.15) is 0 Å². The minimum atomic E-state index is 0.519. The molecule has 5 heteroatoms. The number of allylic oxidation sites excluding steroid dienone is 1. The first kappa shape index (κ1) is 16.4. The van der Waals surface area contributed by atoms with Gasteiger partial charge in [-0.3, -0.25) is 0 Å². The van der Waals surface area contributed by atoms with Gasteiger partial charge in [0, 0.05) is 34.5 Å². The Bertz CT molecular complexity index is 1240. The number of fused-ring (bicyclic) bond motifs is 1. The van der Waals surface area contributed by atoms with Crippen LogP contribution in [0.2, 0.25) is 0 Å². The van der Waals surface area contributed by atoms with Crippen LogP contribution in [-0.4, -0.2) is 20.2 Å². The van der Waals surface area contributed by atoms with Gasteiger partial charge in [-0.1, -0.05) is 30.3 Å². The molecule has 2 aliphatic rings. The fraction of sp³-hybridized carbons (Fsp3) is 0.167. The van der Waals surface area contributed by atoms with E-state index in [9.17, 15) is 0 Å². The molecule has 4 aromatic rings. The van der Waals surface area contributed by atoms with Crippen LogP contribution in [0.5, 0.6) is 0 Å². The van der Waals surface area contributed by atoms with E-state index in [1.54, 1.807) is 0 Å². The molecule has 0 radical (unpaired) electrons. The molecule has 2 aromatic carbocycles. The van der Waals surface area contributed by atoms with E-state index < -0.39 is 0 Å². The molecule has 6 rings (SSSR count). The van der Waals surface area contributed by atoms with Crippen molar-refractivity contribution in [2.45, 2.75) is 25.2 Å². The van der Waals surface area contributed by atoms with E-state index in [4.69, 9.17) is 9.40 Å². The van der Waals surface area contributed by atoms with Crippen LogP contribution in [0.1, 0.15) is 41.4 Å². The van der Waals surface area contributed by atoms with Crippen molar-refractivity contribution >= 4 is 5.57 Å². The summed E-state index contributed by atoms with van der Waals surface area (Å²) in [6, 6.07) is 18.1. The highest BCUT2D eigenvalue weighted by Crippen LogP contribution is 2.40. The van der Waals surface area contributed by atoms with Gasteiger partial charge in [0.2, 0.25) is 11.8 Å². The number of nitrogens with zero attached hydrogens (tertiary/aromatic N) is 4. The van der Waals surface area contributed by atoms with Gasteiger partial charge >= 0.3 is 0 Å². The Hall–Kier alpha value is -3.60. The minimum Gasteiger partial charge on any atom is -0.416 e. The zero-order valence-electron chi connectivity index (χ0n) is 15.7. The predicted molar refractivity (Wildman–Crippen MR) is 110 cm³/mol. The fourth-order valence-electron chi connectivity index (χ4n) is 3.82. The molecule has 140 valence electrons. The van der Waals surface area contributed by atoms with Gasteiger partial charge in [0.25, 0.3) is 0 Å². The van der Waals surface area contributed by atoms with Crippen molar-refractivity contribution < 1.29 is 4.42 Å². The SMILES string of the molecule is C1=C(c2nccc(C3CC3)n2)c2cc(-c3nnc(-c4ccccc4)o3)ccc2C1. The summed E-state index contributed by atoms with van der Waals surface area (Å²) in [6.45, 7) is 0. The topological polar surface area (TPSA) is 64.7 Å². The lowest BCUT2D eigenvalue weighted by Crippen LogP contribution is -1.98. The summed E-state index contributed by atoms with van der Waals surface area (Å²) >= 11 is 0. The van der Waals surface area contributed by atoms with Gasteiger partial charge < -0.3 is 4.42 Å². The first-order chi connectivity index (χ1) is 14.3. The highest BCUT2D eigenvalue weighted by Gasteiger charge is 2.26. The third-order valence-corrected chi connectivity index (χ3v) is 5.53. The number of hydrogen-bond donors (Lipinski definition) is 0. The van der Waals surface area contributed by atoms with E-state index in [0.717, 1.165) is 40.2 Å². The van der Waals surface area contributed by atoms with Gasteiger partial charge in [-0.05, 0) is 60.7 Å². The molecule has 0 N–H and O–H groups in total. The zero-order valence-corrected chi connectivity index (χ0v) is 15.7. The Kier molecular flexibility index (Phi) is 3.66. The quantitative estimate of drug-likeness (QED) is 0.497. The maximum Gasteiger partial charge on any atom is 0.248 e. The van der Waals surface area contributed by atoms with Crippen LogP contribution in [0, 0.1) is 0 Å². The lowest BCUT2D eigenvalue weighted by atomic mass is 10.0. The average molecular weight is 378 g/mol. The molecular weight excluding hydrogens is 360 g/mol. The maximum atomic E-state index is 5.94. The predicted octanol–water partition coefficient (Wildman–Crippen LogP) is 5.06. The van der Waals surface area contributed by atoms with Gasteiger partial charge in [-0.2, -0.15) is 0 Å². The average Bonchev–Trinajstić information content (AvgIpc) is 3.36. The molecule has 0 atom stereocenters. The summed E-state index contributed by atoms with van der Waals surface area (Å²) < 4.78 is 5.94. The van der Waals surface area contributed by atoms with Crippen molar-refractivity contribution in [3.05, 3.63) is 89.5 Å². The number of hydrogen-bond acceptors (Lipinski definition) is 5. The number of aromatic nitrogens is 4. The van der Waals surface area contributed by atoms with Gasteiger partial charge in [0.05, 0.1) is 0 Å². The fourth-order valence-corrected chi connectivity index (χ4v) is 3.82. The Morgan fingerprint density at radius 3 is 2.52 bits per heavy atom. The lowest BCUT2D eigenvalue weighted by Gasteiger charge is -2.07. The van der Waals surface area contributed by atoms with Crippen LogP contribution in [0.4, 0.5) is 0 Å². The number of benzene rings is 2. The molecule has 2 aromatic heterocycles. The molecule has 0 spiro atoms. The lowest BCUT2D eigenvalue weighted by molar-refractivity contribution is 0.584. The third kappa shape index (κ3) is 2.95. The molecule has 0 bridgehead atoms. The Balaban J connectivity index is 1.36. The van der Waals surface area contributed by atoms with Crippen LogP contribution in [-0.2, 0) is 6.42 Å². The molecule has 29 heavy (non-hydrogen) atoms. The van der Waals surface area contributed by atoms with Crippen LogP contribution in [0.3, 0.4) is 0 Å². The maximum absolute atomic E-state index is 5.94. The molecule has 0 aliphatic heterocycles. The van der Waals surface area contributed by atoms with Crippen molar-refractivity contribution in [2.24, 2.45) is 0 Å².